The fourth-order valence-electron chi connectivity index (χ4n) is 16.4. The number of amides is 2. The minimum absolute atomic E-state index is 0.0181. The first-order valence-electron chi connectivity index (χ1n) is 33.2. The van der Waals surface area contributed by atoms with Gasteiger partial charge >= 0.3 is 18.0 Å². The zero-order chi connectivity index (χ0) is 67.7. The lowest BCUT2D eigenvalue weighted by Gasteiger charge is -2.69. The summed E-state index contributed by atoms with van der Waals surface area (Å²) in [6.45, 7) is 15.2. The quantitative estimate of drug-likeness (QED) is 0.0232. The Labute approximate surface area is 557 Å². The zero-order valence-corrected chi connectivity index (χ0v) is 55.8. The number of nitrogens with zero attached hydrogens (tertiary/aromatic N) is 6. The van der Waals surface area contributed by atoms with Crippen LogP contribution < -0.4 is 26.6 Å². The number of aromatic carboxylic acids is 1. The minimum atomic E-state index is -1.83. The molecule has 1 saturated heterocycles. The molecule has 2 amide bonds. The smallest absolute Gasteiger partial charge is 0.410 e. The number of nitrogens with one attached hydrogen (secondary N) is 3. The largest absolute Gasteiger partial charge is 0.479 e. The maximum absolute atomic E-state index is 14.3. The van der Waals surface area contributed by atoms with E-state index in [1.807, 2.05) is 90.2 Å². The molecule has 10 atom stereocenters. The number of carbonyl (C=O) groups excluding carboxylic acids is 2. The third-order valence-electron chi connectivity index (χ3n) is 20.3. The summed E-state index contributed by atoms with van der Waals surface area (Å²) in [5.74, 6) is -2.13. The van der Waals surface area contributed by atoms with Crippen molar-refractivity contribution in [1.29, 1.82) is 0 Å². The maximum atomic E-state index is 14.3. The highest BCUT2D eigenvalue weighted by molar-refractivity contribution is 7.22. The second-order valence-corrected chi connectivity index (χ2v) is 29.7. The topological polar surface area (TPSA) is 350 Å². The van der Waals surface area contributed by atoms with Crippen LogP contribution in [0, 0.1) is 29.1 Å². The molecule has 2 aliphatic heterocycles. The van der Waals surface area contributed by atoms with Crippen molar-refractivity contribution in [3.05, 3.63) is 118 Å². The van der Waals surface area contributed by atoms with Crippen molar-refractivity contribution >= 4 is 62.1 Å². The van der Waals surface area contributed by atoms with Crippen molar-refractivity contribution in [3.8, 4) is 11.1 Å². The van der Waals surface area contributed by atoms with Gasteiger partial charge in [0.1, 0.15) is 30.7 Å². The van der Waals surface area contributed by atoms with Gasteiger partial charge in [-0.05, 0) is 165 Å². The van der Waals surface area contributed by atoms with Gasteiger partial charge in [0.25, 0.3) is 5.91 Å². The number of aliphatic hydroxyl groups is 5. The summed E-state index contributed by atoms with van der Waals surface area (Å²) >= 11 is 1.41. The molecule has 6 aromatic rings. The molecule has 2 unspecified atom stereocenters. The van der Waals surface area contributed by atoms with Crippen LogP contribution in [0.25, 0.3) is 21.3 Å². The number of nitrogens with two attached hydrogens (primary N) is 1. The van der Waals surface area contributed by atoms with Gasteiger partial charge in [-0.25, -0.2) is 24.4 Å². The lowest BCUT2D eigenvalue weighted by atomic mass is 9.39. The van der Waals surface area contributed by atoms with E-state index in [1.165, 1.54) is 16.2 Å². The number of carbonyl (C=O) groups is 4. The lowest BCUT2D eigenvalue weighted by Crippen LogP contribution is -2.64. The van der Waals surface area contributed by atoms with Gasteiger partial charge in [0, 0.05) is 86.0 Å². The zero-order valence-electron chi connectivity index (χ0n) is 55.0. The Morgan fingerprint density at radius 3 is 2.37 bits per heavy atom. The molecule has 12 N–H and O–H groups in total. The van der Waals surface area contributed by atoms with Crippen molar-refractivity contribution < 1.29 is 69.1 Å². The molecule has 24 nitrogen and oxygen atoms in total. The molecule has 95 heavy (non-hydrogen) atoms. The van der Waals surface area contributed by atoms with Crippen LogP contribution in [0.4, 0.5) is 21.4 Å². The van der Waals surface area contributed by atoms with Crippen molar-refractivity contribution in [2.45, 2.75) is 180 Å². The van der Waals surface area contributed by atoms with Crippen molar-refractivity contribution in [2.24, 2.45) is 27.9 Å². The molecule has 6 aliphatic rings. The Morgan fingerprint density at radius 2 is 1.64 bits per heavy atom. The van der Waals surface area contributed by atoms with E-state index < -0.39 is 66.9 Å². The van der Waals surface area contributed by atoms with Gasteiger partial charge in [-0.15, -0.1) is 0 Å². The molecule has 512 valence electrons. The number of pyridine rings is 1. The van der Waals surface area contributed by atoms with E-state index in [0.717, 1.165) is 71.2 Å². The Bertz CT molecular complexity index is 3720. The number of rotatable bonds is 28. The number of fused-ring (bicyclic) bond motifs is 2. The second kappa shape index (κ2) is 28.5. The molecule has 4 bridgehead atoms. The Hall–Kier alpha value is -7.17. The number of aromatic nitrogens is 4. The lowest BCUT2D eigenvalue weighted by molar-refractivity contribution is -0.248. The Balaban J connectivity index is 0.762. The number of carboxylic acid groups (broad SMARTS) is 2. The molecule has 5 heterocycles. The second-order valence-electron chi connectivity index (χ2n) is 28.6. The summed E-state index contributed by atoms with van der Waals surface area (Å²) in [5, 5.41) is 88.1. The van der Waals surface area contributed by atoms with E-state index in [-0.39, 0.29) is 85.5 Å². The normalized spacial score (nSPS) is 26.3. The molecular formula is C70H92N10O14S. The number of ether oxygens (including phenoxy) is 3. The maximum Gasteiger partial charge on any atom is 0.410 e. The van der Waals surface area contributed by atoms with Crippen molar-refractivity contribution in [2.75, 3.05) is 61.5 Å². The van der Waals surface area contributed by atoms with E-state index in [1.54, 1.807) is 12.3 Å². The Kier molecular flexibility index (Phi) is 20.8. The van der Waals surface area contributed by atoms with Crippen LogP contribution >= 0.6 is 11.3 Å². The molecule has 0 spiro atoms. The SMILES string of the molecule is Cc1c(-c2ccc(N3CCc4cccc(C(=O)Nc5nc6ccccc6s5)c4C3)nc2C(=O)O)cnn1CC12CC3(C)CC(C)(C1)CC(OCCN(CC[C@H](O)CO)C(=O)OCc1ccc(NC[C@H](C)NC[C@@H](N)C(C)C)cc1CC[C@@H]1O[C@H](C(=O)O)[C@@H](O)[C@H](O)[C@H]1O)(C3)C2. The molecule has 4 aliphatic carbocycles. The number of aliphatic hydroxyl groups excluding tert-OH is 5. The number of aliphatic carboxylic acids is 1. The van der Waals surface area contributed by atoms with Crippen LogP contribution in [0.15, 0.2) is 79.0 Å². The number of thiazole rings is 1. The predicted octanol–water partition coefficient (Wildman–Crippen LogP) is 7.13. The molecule has 3 aromatic carbocycles. The van der Waals surface area contributed by atoms with Crippen molar-refractivity contribution in [1.82, 2.24) is 30.0 Å². The first-order chi connectivity index (χ1) is 45.2. The number of hydrogen-bond donors (Lipinski definition) is 11. The summed E-state index contributed by atoms with van der Waals surface area (Å²) in [7, 11) is 0. The number of anilines is 3. The number of para-hydroxylation sites is 1. The van der Waals surface area contributed by atoms with E-state index in [4.69, 9.17) is 30.0 Å². The standard InChI is InChI=1S/C70H92N10O14S/c1-40(2)52(71)29-72-41(3)27-73-46-16-14-45(44(26-46)15-18-54-58(83)59(84)60(85)61(94-54)64(89)90)32-92-66(91)78(23-21-47(82)31-81)24-25-93-70-36-67(5)33-68(6,37-70)35-69(34-67,38-70)39-80-42(4)50(28-74-80)48-17-19-56(76-57(48)63(87)88)79-22-20-43-10-9-11-49(51(43)30-79)62(86)77-65-75-53-12-7-8-13-55(53)95-65/h7-14,16-17,19,26,28,40-41,47,52,54,58-61,72-73,81-85H,15,18,20-25,27,29-39,71H2,1-6H3,(H,87,88)(H,89,90)(H,75,77,86)/t41-,47-,52+,54-,58-,59+,60-,61-,67?,68?,69?,70?/m0/s1. The van der Waals surface area contributed by atoms with Gasteiger partial charge in [-0.1, -0.05) is 69.4 Å². The summed E-state index contributed by atoms with van der Waals surface area (Å²) in [6.07, 6.45) is -1.84. The highest BCUT2D eigenvalue weighted by Crippen LogP contribution is 2.72. The molecular weight excluding hydrogens is 1240 g/mol. The number of aryl methyl sites for hydroxylation is 1. The van der Waals surface area contributed by atoms with E-state index in [2.05, 4.69) is 48.6 Å². The minimum Gasteiger partial charge on any atom is -0.479 e. The van der Waals surface area contributed by atoms with Crippen LogP contribution in [0.2, 0.25) is 0 Å². The predicted molar refractivity (Wildman–Crippen MR) is 358 cm³/mol. The monoisotopic (exact) mass is 1330 g/mol. The van der Waals surface area contributed by atoms with E-state index >= 15 is 0 Å². The summed E-state index contributed by atoms with van der Waals surface area (Å²) in [4.78, 5) is 66.2. The van der Waals surface area contributed by atoms with Gasteiger partial charge in [0.05, 0.1) is 47.4 Å². The third-order valence-corrected chi connectivity index (χ3v) is 21.3. The first-order valence-corrected chi connectivity index (χ1v) is 34.0. The summed E-state index contributed by atoms with van der Waals surface area (Å²) in [6, 6.07) is 22.7. The highest BCUT2D eigenvalue weighted by Gasteiger charge is 2.66. The molecule has 25 heteroatoms. The molecule has 12 rings (SSSR count). The van der Waals surface area contributed by atoms with Gasteiger partial charge < -0.3 is 76.1 Å². The molecule has 0 radical (unpaired) electrons. The molecule has 5 fully saturated rings. The van der Waals surface area contributed by atoms with E-state index in [9.17, 15) is 54.9 Å². The van der Waals surface area contributed by atoms with Crippen LogP contribution in [0.3, 0.4) is 0 Å². The van der Waals surface area contributed by atoms with Crippen LogP contribution in [-0.2, 0) is 51.5 Å². The molecule has 3 aromatic heterocycles. The summed E-state index contributed by atoms with van der Waals surface area (Å²) < 4.78 is 21.8. The Morgan fingerprint density at radius 1 is 0.874 bits per heavy atom. The van der Waals surface area contributed by atoms with Gasteiger partial charge in [0.15, 0.2) is 16.9 Å². The van der Waals surface area contributed by atoms with Gasteiger partial charge in [-0.3, -0.25) is 14.8 Å². The average molecular weight is 1330 g/mol. The fraction of sp³-hybridized carbons (Fsp3) is 0.557. The summed E-state index contributed by atoms with van der Waals surface area (Å²) in [5.41, 5.74) is 12.5. The van der Waals surface area contributed by atoms with Gasteiger partial charge in [-0.2, -0.15) is 5.10 Å². The van der Waals surface area contributed by atoms with Crippen LogP contribution in [0.1, 0.15) is 135 Å². The highest BCUT2D eigenvalue weighted by atomic mass is 32.1. The fourth-order valence-corrected chi connectivity index (χ4v) is 17.3. The number of carboxylic acids is 2. The number of hydrogen-bond acceptors (Lipinski definition) is 20. The van der Waals surface area contributed by atoms with Crippen LogP contribution in [-0.4, -0.2) is 185 Å². The first kappa shape index (κ1) is 69.2. The van der Waals surface area contributed by atoms with Crippen LogP contribution in [0.5, 0.6) is 0 Å². The van der Waals surface area contributed by atoms with Crippen molar-refractivity contribution in [3.63, 3.8) is 0 Å². The number of benzene rings is 3. The van der Waals surface area contributed by atoms with E-state index in [0.29, 0.717) is 83.8 Å². The third kappa shape index (κ3) is 15.5. The molecule has 4 saturated carbocycles. The average Bonchev–Trinajstić information content (AvgIpc) is 0.959. The van der Waals surface area contributed by atoms with Gasteiger partial charge in [0.2, 0.25) is 0 Å².